The maximum absolute atomic E-state index is 2.41. The first-order chi connectivity index (χ1) is 5.22. The standard InChI is InChI=1S/C11H24N/c1-9-7-12(5,6)8-10(9)11(2,3)4/h9-10H,7-8H2,1-6H3/q+1. The van der Waals surface area contributed by atoms with E-state index in [4.69, 9.17) is 0 Å². The van der Waals surface area contributed by atoms with Crippen LogP contribution < -0.4 is 0 Å². The maximum atomic E-state index is 2.41. The molecular weight excluding hydrogens is 146 g/mol. The fourth-order valence-corrected chi connectivity index (χ4v) is 2.82. The van der Waals surface area contributed by atoms with E-state index in [1.807, 2.05) is 0 Å². The average Bonchev–Trinajstić information content (AvgIpc) is 2.03. The van der Waals surface area contributed by atoms with Gasteiger partial charge < -0.3 is 4.48 Å². The number of rotatable bonds is 0. The molecule has 1 aliphatic heterocycles. The maximum Gasteiger partial charge on any atom is 0.0821 e. The zero-order chi connectivity index (χ0) is 9.57. The van der Waals surface area contributed by atoms with Crippen molar-refractivity contribution in [1.29, 1.82) is 0 Å². The van der Waals surface area contributed by atoms with Gasteiger partial charge in [-0.25, -0.2) is 0 Å². The Labute approximate surface area is 77.4 Å². The molecule has 1 fully saturated rings. The van der Waals surface area contributed by atoms with Gasteiger partial charge in [0.1, 0.15) is 0 Å². The average molecular weight is 170 g/mol. The van der Waals surface area contributed by atoms with Crippen molar-refractivity contribution in [2.24, 2.45) is 17.3 Å². The van der Waals surface area contributed by atoms with Gasteiger partial charge in [0, 0.05) is 11.8 Å². The first-order valence-corrected chi connectivity index (χ1v) is 5.04. The third-order valence-corrected chi connectivity index (χ3v) is 3.27. The fourth-order valence-electron chi connectivity index (χ4n) is 2.82. The first-order valence-electron chi connectivity index (χ1n) is 5.04. The summed E-state index contributed by atoms with van der Waals surface area (Å²) in [6.07, 6.45) is 0. The van der Waals surface area contributed by atoms with Crippen LogP contribution in [0.3, 0.4) is 0 Å². The molecule has 0 amide bonds. The van der Waals surface area contributed by atoms with Gasteiger partial charge >= 0.3 is 0 Å². The molecule has 0 bridgehead atoms. The summed E-state index contributed by atoms with van der Waals surface area (Å²) in [4.78, 5) is 0. The number of nitrogens with zero attached hydrogens (tertiary/aromatic N) is 1. The van der Waals surface area contributed by atoms with Gasteiger partial charge in [0.25, 0.3) is 0 Å². The van der Waals surface area contributed by atoms with E-state index in [1.165, 1.54) is 17.6 Å². The monoisotopic (exact) mass is 170 g/mol. The van der Waals surface area contributed by atoms with Gasteiger partial charge in [-0.3, -0.25) is 0 Å². The predicted octanol–water partition coefficient (Wildman–Crippen LogP) is 2.37. The Hall–Kier alpha value is -0.0400. The Bertz CT molecular complexity index is 164. The molecule has 2 unspecified atom stereocenters. The van der Waals surface area contributed by atoms with Crippen LogP contribution in [0.1, 0.15) is 27.7 Å². The minimum Gasteiger partial charge on any atom is -0.328 e. The van der Waals surface area contributed by atoms with Crippen molar-refractivity contribution in [3.05, 3.63) is 0 Å². The lowest BCUT2D eigenvalue weighted by Gasteiger charge is -2.29. The molecule has 72 valence electrons. The van der Waals surface area contributed by atoms with Gasteiger partial charge in [-0.05, 0) is 5.41 Å². The highest BCUT2D eigenvalue weighted by Crippen LogP contribution is 2.39. The van der Waals surface area contributed by atoms with Crippen LogP contribution in [0.5, 0.6) is 0 Å². The number of likely N-dealkylation sites (tertiary alicyclic amines) is 1. The molecule has 1 saturated heterocycles. The normalized spacial score (nSPS) is 35.5. The van der Waals surface area contributed by atoms with Gasteiger partial charge in [0.15, 0.2) is 0 Å². The van der Waals surface area contributed by atoms with E-state index in [0.29, 0.717) is 5.41 Å². The fraction of sp³-hybridized carbons (Fsp3) is 1.00. The SMILES string of the molecule is CC1C[N+](C)(C)CC1C(C)(C)C. The Morgan fingerprint density at radius 3 is 1.75 bits per heavy atom. The van der Waals surface area contributed by atoms with Crippen LogP contribution in [-0.4, -0.2) is 31.7 Å². The minimum absolute atomic E-state index is 0.492. The lowest BCUT2D eigenvalue weighted by molar-refractivity contribution is -0.881. The summed E-state index contributed by atoms with van der Waals surface area (Å²) in [5.41, 5.74) is 0.492. The molecule has 0 N–H and O–H groups in total. The summed E-state index contributed by atoms with van der Waals surface area (Å²) < 4.78 is 1.21. The van der Waals surface area contributed by atoms with Crippen LogP contribution in [0.2, 0.25) is 0 Å². The highest BCUT2D eigenvalue weighted by molar-refractivity contribution is 4.82. The van der Waals surface area contributed by atoms with Gasteiger partial charge in [0.05, 0.1) is 27.2 Å². The Morgan fingerprint density at radius 2 is 1.58 bits per heavy atom. The summed E-state index contributed by atoms with van der Waals surface area (Å²) in [5, 5.41) is 0. The molecule has 0 aliphatic carbocycles. The van der Waals surface area contributed by atoms with Crippen LogP contribution in [0.25, 0.3) is 0 Å². The van der Waals surface area contributed by atoms with E-state index in [9.17, 15) is 0 Å². The molecule has 2 atom stereocenters. The molecule has 0 saturated carbocycles. The van der Waals surface area contributed by atoms with E-state index in [0.717, 1.165) is 11.8 Å². The van der Waals surface area contributed by atoms with Crippen LogP contribution in [-0.2, 0) is 0 Å². The second-order valence-electron chi connectivity index (χ2n) is 6.25. The molecule has 0 aromatic rings. The lowest BCUT2D eigenvalue weighted by Crippen LogP contribution is -2.38. The van der Waals surface area contributed by atoms with Crippen molar-refractivity contribution in [2.45, 2.75) is 27.7 Å². The van der Waals surface area contributed by atoms with Gasteiger partial charge in [-0.15, -0.1) is 0 Å². The van der Waals surface area contributed by atoms with Crippen molar-refractivity contribution in [1.82, 2.24) is 0 Å². The number of hydrogen-bond donors (Lipinski definition) is 0. The van der Waals surface area contributed by atoms with Gasteiger partial charge in [0.2, 0.25) is 0 Å². The molecule has 0 radical (unpaired) electrons. The van der Waals surface area contributed by atoms with Crippen molar-refractivity contribution >= 4 is 0 Å². The molecule has 12 heavy (non-hydrogen) atoms. The van der Waals surface area contributed by atoms with E-state index in [2.05, 4.69) is 41.8 Å². The Kier molecular flexibility index (Phi) is 2.28. The van der Waals surface area contributed by atoms with E-state index < -0.39 is 0 Å². The molecule has 0 aromatic heterocycles. The van der Waals surface area contributed by atoms with Crippen LogP contribution in [0.15, 0.2) is 0 Å². The third kappa shape index (κ3) is 2.01. The van der Waals surface area contributed by atoms with E-state index in [1.54, 1.807) is 0 Å². The second kappa shape index (κ2) is 2.73. The highest BCUT2D eigenvalue weighted by atomic mass is 15.3. The molecule has 1 heteroatoms. The van der Waals surface area contributed by atoms with Crippen LogP contribution in [0, 0.1) is 17.3 Å². The minimum atomic E-state index is 0.492. The first kappa shape index (κ1) is 10.0. The Balaban J connectivity index is 2.71. The van der Waals surface area contributed by atoms with E-state index >= 15 is 0 Å². The van der Waals surface area contributed by atoms with E-state index in [-0.39, 0.29) is 0 Å². The second-order valence-corrected chi connectivity index (χ2v) is 6.25. The van der Waals surface area contributed by atoms with Gasteiger partial charge in [-0.2, -0.15) is 0 Å². The van der Waals surface area contributed by atoms with Crippen molar-refractivity contribution in [2.75, 3.05) is 27.2 Å². The molecule has 1 rings (SSSR count). The van der Waals surface area contributed by atoms with Crippen molar-refractivity contribution in [3.63, 3.8) is 0 Å². The molecule has 1 nitrogen and oxygen atoms in total. The van der Waals surface area contributed by atoms with Gasteiger partial charge in [-0.1, -0.05) is 27.7 Å². The summed E-state index contributed by atoms with van der Waals surface area (Å²) in [6, 6.07) is 0. The third-order valence-electron chi connectivity index (χ3n) is 3.27. The largest absolute Gasteiger partial charge is 0.328 e. The smallest absolute Gasteiger partial charge is 0.0821 e. The highest BCUT2D eigenvalue weighted by Gasteiger charge is 2.43. The summed E-state index contributed by atoms with van der Waals surface area (Å²) in [6.45, 7) is 12.2. The topological polar surface area (TPSA) is 0 Å². The van der Waals surface area contributed by atoms with Crippen molar-refractivity contribution in [3.8, 4) is 0 Å². The van der Waals surface area contributed by atoms with Crippen LogP contribution >= 0.6 is 0 Å². The zero-order valence-corrected chi connectivity index (χ0v) is 9.52. The van der Waals surface area contributed by atoms with Crippen molar-refractivity contribution < 1.29 is 4.48 Å². The summed E-state index contributed by atoms with van der Waals surface area (Å²) in [5.74, 6) is 1.78. The molecular formula is C11H24N+. The Morgan fingerprint density at radius 1 is 1.08 bits per heavy atom. The molecule has 0 aromatic carbocycles. The molecule has 0 spiro atoms. The van der Waals surface area contributed by atoms with Crippen LogP contribution in [0.4, 0.5) is 0 Å². The summed E-state index contributed by atoms with van der Waals surface area (Å²) in [7, 11) is 4.70. The number of quaternary nitrogens is 1. The predicted molar refractivity (Wildman–Crippen MR) is 54.0 cm³/mol. The quantitative estimate of drug-likeness (QED) is 0.490. The summed E-state index contributed by atoms with van der Waals surface area (Å²) >= 11 is 0. The molecule has 1 heterocycles. The lowest BCUT2D eigenvalue weighted by atomic mass is 9.76. The number of hydrogen-bond acceptors (Lipinski definition) is 0. The zero-order valence-electron chi connectivity index (χ0n) is 9.52. The molecule has 1 aliphatic rings.